The first-order valence-corrected chi connectivity index (χ1v) is 5.63. The first kappa shape index (κ1) is 9.96. The maximum absolute atomic E-state index is 4.43. The third kappa shape index (κ3) is 2.01. The average Bonchev–Trinajstić information content (AvgIpc) is 2.90. The molecule has 3 rings (SSSR count). The molecule has 0 spiro atoms. The van der Waals surface area contributed by atoms with Gasteiger partial charge in [-0.25, -0.2) is 14.6 Å². The maximum atomic E-state index is 4.43. The molecule has 4 nitrogen and oxygen atoms in total. The summed E-state index contributed by atoms with van der Waals surface area (Å²) >= 11 is 0. The van der Waals surface area contributed by atoms with E-state index in [0.29, 0.717) is 0 Å². The van der Waals surface area contributed by atoms with Crippen LogP contribution in [0.5, 0.6) is 0 Å². The van der Waals surface area contributed by atoms with Gasteiger partial charge in [0.15, 0.2) is 11.6 Å². The van der Waals surface area contributed by atoms with Crippen LogP contribution in [-0.2, 0) is 0 Å². The molecule has 2 aromatic rings. The Balaban J connectivity index is 1.93. The summed E-state index contributed by atoms with van der Waals surface area (Å²) in [6.07, 6.45) is 12.0. The molecule has 0 atom stereocenters. The van der Waals surface area contributed by atoms with Crippen LogP contribution in [0.4, 0.5) is 0 Å². The van der Waals surface area contributed by atoms with Crippen LogP contribution in [0.3, 0.4) is 0 Å². The second-order valence-electron chi connectivity index (χ2n) is 3.84. The fourth-order valence-corrected chi connectivity index (χ4v) is 1.77. The van der Waals surface area contributed by atoms with Gasteiger partial charge in [0.05, 0.1) is 0 Å². The lowest BCUT2D eigenvalue weighted by Gasteiger charge is -2.01. The first-order chi connectivity index (χ1) is 8.43. The molecule has 0 unspecified atom stereocenters. The Morgan fingerprint density at radius 3 is 2.88 bits per heavy atom. The van der Waals surface area contributed by atoms with E-state index in [1.165, 1.54) is 0 Å². The third-order valence-electron chi connectivity index (χ3n) is 2.63. The van der Waals surface area contributed by atoms with Crippen LogP contribution in [-0.4, -0.2) is 19.7 Å². The van der Waals surface area contributed by atoms with Crippen molar-refractivity contribution in [3.05, 3.63) is 54.8 Å². The molecule has 0 N–H and O–H groups in total. The minimum absolute atomic E-state index is 0.756. The monoisotopic (exact) mass is 224 g/mol. The molecule has 84 valence electrons. The minimum Gasteiger partial charge on any atom is -0.237 e. The van der Waals surface area contributed by atoms with Crippen molar-refractivity contribution in [3.63, 3.8) is 0 Å². The molecule has 17 heavy (non-hydrogen) atoms. The quantitative estimate of drug-likeness (QED) is 0.786. The zero-order valence-corrected chi connectivity index (χ0v) is 9.32. The van der Waals surface area contributed by atoms with E-state index in [9.17, 15) is 0 Å². The number of allylic oxidation sites excluding steroid dienone is 4. The molecule has 2 aromatic heterocycles. The topological polar surface area (TPSA) is 43.6 Å². The highest BCUT2D eigenvalue weighted by Gasteiger charge is 2.07. The molecule has 2 heterocycles. The highest BCUT2D eigenvalue weighted by Crippen LogP contribution is 2.18. The van der Waals surface area contributed by atoms with Gasteiger partial charge in [0.25, 0.3) is 0 Å². The Hall–Kier alpha value is -2.23. The molecule has 0 saturated carbocycles. The van der Waals surface area contributed by atoms with Crippen LogP contribution in [0, 0.1) is 0 Å². The van der Waals surface area contributed by atoms with Crippen LogP contribution < -0.4 is 0 Å². The number of rotatable bonds is 2. The highest BCUT2D eigenvalue weighted by molar-refractivity contribution is 5.70. The molecule has 4 heteroatoms. The molecular formula is C13H12N4. The van der Waals surface area contributed by atoms with E-state index in [1.807, 2.05) is 18.2 Å². The number of hydrogen-bond donors (Lipinski definition) is 0. The fourth-order valence-electron chi connectivity index (χ4n) is 1.77. The molecule has 1 aliphatic carbocycles. The molecule has 0 bridgehead atoms. The van der Waals surface area contributed by atoms with E-state index in [1.54, 1.807) is 17.2 Å². The lowest BCUT2D eigenvalue weighted by molar-refractivity contribution is 0.840. The standard InChI is InChI=1S/C13H12N4/c1-2-6-11(7-3-1)13-15-10-17(16-13)12-8-4-5-9-14-12/h2,4-10H,1,3H2. The summed E-state index contributed by atoms with van der Waals surface area (Å²) in [6.45, 7) is 0. The summed E-state index contributed by atoms with van der Waals surface area (Å²) < 4.78 is 1.69. The van der Waals surface area contributed by atoms with E-state index in [2.05, 4.69) is 33.3 Å². The van der Waals surface area contributed by atoms with E-state index in [4.69, 9.17) is 0 Å². The third-order valence-corrected chi connectivity index (χ3v) is 2.63. The summed E-state index contributed by atoms with van der Waals surface area (Å²) in [6, 6.07) is 5.72. The SMILES string of the molecule is C1=CC(c2ncn(-c3ccccn3)n2)=CCC1. The Morgan fingerprint density at radius 1 is 1.12 bits per heavy atom. The Morgan fingerprint density at radius 2 is 2.12 bits per heavy atom. The second-order valence-corrected chi connectivity index (χ2v) is 3.84. The van der Waals surface area contributed by atoms with Crippen LogP contribution in [0.25, 0.3) is 11.4 Å². The zero-order valence-electron chi connectivity index (χ0n) is 9.32. The van der Waals surface area contributed by atoms with Gasteiger partial charge in [-0.2, -0.15) is 0 Å². The second kappa shape index (κ2) is 4.33. The van der Waals surface area contributed by atoms with Crippen LogP contribution >= 0.6 is 0 Å². The van der Waals surface area contributed by atoms with Crippen molar-refractivity contribution in [3.8, 4) is 5.82 Å². The van der Waals surface area contributed by atoms with Crippen LogP contribution in [0.1, 0.15) is 18.7 Å². The van der Waals surface area contributed by atoms with Gasteiger partial charge in [0.2, 0.25) is 0 Å². The van der Waals surface area contributed by atoms with Crippen molar-refractivity contribution in [1.29, 1.82) is 0 Å². The van der Waals surface area contributed by atoms with Crippen molar-refractivity contribution < 1.29 is 0 Å². The molecule has 0 radical (unpaired) electrons. The molecule has 0 aromatic carbocycles. The number of nitrogens with zero attached hydrogens (tertiary/aromatic N) is 4. The van der Waals surface area contributed by atoms with Crippen molar-refractivity contribution >= 4 is 5.57 Å². The van der Waals surface area contributed by atoms with Crippen LogP contribution in [0.2, 0.25) is 0 Å². The molecule has 0 saturated heterocycles. The van der Waals surface area contributed by atoms with Gasteiger partial charge in [-0.3, -0.25) is 0 Å². The van der Waals surface area contributed by atoms with Crippen molar-refractivity contribution in [1.82, 2.24) is 19.7 Å². The van der Waals surface area contributed by atoms with E-state index in [0.717, 1.165) is 30.1 Å². The van der Waals surface area contributed by atoms with Gasteiger partial charge in [-0.1, -0.05) is 24.3 Å². The molecule has 1 aliphatic rings. The number of pyridine rings is 1. The van der Waals surface area contributed by atoms with E-state index < -0.39 is 0 Å². The highest BCUT2D eigenvalue weighted by atomic mass is 15.4. The van der Waals surface area contributed by atoms with Gasteiger partial charge in [-0.15, -0.1) is 5.10 Å². The van der Waals surface area contributed by atoms with E-state index >= 15 is 0 Å². The molecule has 0 amide bonds. The van der Waals surface area contributed by atoms with Gasteiger partial charge in [0, 0.05) is 11.8 Å². The Kier molecular flexibility index (Phi) is 2.54. The first-order valence-electron chi connectivity index (χ1n) is 5.63. The lowest BCUT2D eigenvalue weighted by Crippen LogP contribution is -1.98. The van der Waals surface area contributed by atoms with Crippen LogP contribution in [0.15, 0.2) is 49.0 Å². The Bertz CT molecular complexity index is 566. The Labute approximate surface area is 99.3 Å². The smallest absolute Gasteiger partial charge is 0.181 e. The van der Waals surface area contributed by atoms with Gasteiger partial charge in [-0.05, 0) is 25.0 Å². The molecular weight excluding hydrogens is 212 g/mol. The number of aromatic nitrogens is 4. The largest absolute Gasteiger partial charge is 0.237 e. The summed E-state index contributed by atoms with van der Waals surface area (Å²) in [5, 5.41) is 4.43. The van der Waals surface area contributed by atoms with Gasteiger partial charge < -0.3 is 0 Å². The van der Waals surface area contributed by atoms with Gasteiger partial charge >= 0.3 is 0 Å². The number of hydrogen-bond acceptors (Lipinski definition) is 3. The molecule has 0 aliphatic heterocycles. The fraction of sp³-hybridized carbons (Fsp3) is 0.154. The zero-order chi connectivity index (χ0) is 11.5. The summed E-state index contributed by atoms with van der Waals surface area (Å²) in [5.74, 6) is 1.54. The maximum Gasteiger partial charge on any atom is 0.181 e. The van der Waals surface area contributed by atoms with Gasteiger partial charge in [0.1, 0.15) is 6.33 Å². The lowest BCUT2D eigenvalue weighted by atomic mass is 10.1. The summed E-state index contributed by atoms with van der Waals surface area (Å²) in [4.78, 5) is 8.54. The van der Waals surface area contributed by atoms with Crippen molar-refractivity contribution in [2.45, 2.75) is 12.8 Å². The van der Waals surface area contributed by atoms with E-state index in [-0.39, 0.29) is 0 Å². The normalized spacial score (nSPS) is 14.7. The molecule has 0 fully saturated rings. The predicted molar refractivity (Wildman–Crippen MR) is 65.5 cm³/mol. The predicted octanol–water partition coefficient (Wildman–Crippen LogP) is 2.40. The van der Waals surface area contributed by atoms with Crippen molar-refractivity contribution in [2.75, 3.05) is 0 Å². The summed E-state index contributed by atoms with van der Waals surface area (Å²) in [7, 11) is 0. The van der Waals surface area contributed by atoms with Crippen molar-refractivity contribution in [2.24, 2.45) is 0 Å². The minimum atomic E-state index is 0.756. The summed E-state index contributed by atoms with van der Waals surface area (Å²) in [5.41, 5.74) is 1.09. The average molecular weight is 224 g/mol.